The van der Waals surface area contributed by atoms with Gasteiger partial charge in [-0.15, -0.1) is 0 Å². The van der Waals surface area contributed by atoms with E-state index >= 15 is 0 Å². The van der Waals surface area contributed by atoms with Gasteiger partial charge in [0.25, 0.3) is 0 Å². The van der Waals surface area contributed by atoms with E-state index in [4.69, 9.17) is 4.74 Å². The molecule has 22 heavy (non-hydrogen) atoms. The van der Waals surface area contributed by atoms with Crippen molar-refractivity contribution in [1.82, 2.24) is 15.0 Å². The van der Waals surface area contributed by atoms with Crippen molar-refractivity contribution >= 4 is 21.6 Å². The van der Waals surface area contributed by atoms with Gasteiger partial charge >= 0.3 is 6.03 Å². The number of carbonyl (C=O) groups is 1. The zero-order valence-electron chi connectivity index (χ0n) is 12.9. The van der Waals surface area contributed by atoms with Crippen LogP contribution in [0.1, 0.15) is 5.56 Å². The molecule has 1 aromatic rings. The Balaban J connectivity index is 2.04. The van der Waals surface area contributed by atoms with Crippen molar-refractivity contribution in [3.05, 3.63) is 17.8 Å². The first-order valence-electron chi connectivity index (χ1n) is 6.83. The molecule has 0 bridgehead atoms. The number of pyridine rings is 1. The number of anilines is 1. The number of rotatable bonds is 3. The van der Waals surface area contributed by atoms with Crippen LogP contribution in [0.25, 0.3) is 0 Å². The van der Waals surface area contributed by atoms with E-state index < -0.39 is 9.84 Å². The van der Waals surface area contributed by atoms with Gasteiger partial charge in [-0.05, 0) is 18.6 Å². The van der Waals surface area contributed by atoms with Crippen LogP contribution in [0.3, 0.4) is 0 Å². The van der Waals surface area contributed by atoms with E-state index in [1.807, 2.05) is 6.92 Å². The normalized spacial score (nSPS) is 17.8. The van der Waals surface area contributed by atoms with Crippen molar-refractivity contribution in [3.8, 4) is 5.88 Å². The number of hydrogen-bond donors (Lipinski definition) is 1. The summed E-state index contributed by atoms with van der Waals surface area (Å²) in [6.45, 7) is 2.46. The van der Waals surface area contributed by atoms with Gasteiger partial charge in [-0.25, -0.2) is 23.2 Å². The highest BCUT2D eigenvalue weighted by molar-refractivity contribution is 7.91. The Morgan fingerprint density at radius 1 is 1.41 bits per heavy atom. The van der Waals surface area contributed by atoms with Gasteiger partial charge in [-0.1, -0.05) is 0 Å². The summed E-state index contributed by atoms with van der Waals surface area (Å²) in [7, 11) is 0.0988. The Labute approximate surface area is 130 Å². The molecule has 1 saturated heterocycles. The van der Waals surface area contributed by atoms with Crippen LogP contribution >= 0.6 is 0 Å². The highest BCUT2D eigenvalue weighted by Crippen LogP contribution is 2.22. The molecule has 0 saturated carbocycles. The Morgan fingerprint density at radius 3 is 2.64 bits per heavy atom. The smallest absolute Gasteiger partial charge is 0.336 e. The zero-order chi connectivity index (χ0) is 16.3. The molecule has 0 atom stereocenters. The largest absolute Gasteiger partial charge is 0.480 e. The molecule has 1 aromatic heterocycles. The SMILES string of the molecule is COc1ncc(C)cc1NC(=O)N(C)N1CCS(=O)(=O)CC1. The number of methoxy groups -OCH3 is 1. The molecule has 2 heterocycles. The Bertz CT molecular complexity index is 648. The molecule has 0 radical (unpaired) electrons. The number of amides is 2. The van der Waals surface area contributed by atoms with Crippen LogP contribution in [0.4, 0.5) is 10.5 Å². The van der Waals surface area contributed by atoms with E-state index in [-0.39, 0.29) is 17.5 Å². The lowest BCUT2D eigenvalue weighted by Crippen LogP contribution is -2.52. The Morgan fingerprint density at radius 2 is 2.05 bits per heavy atom. The van der Waals surface area contributed by atoms with Crippen molar-refractivity contribution in [2.24, 2.45) is 0 Å². The maximum Gasteiger partial charge on any atom is 0.336 e. The number of nitrogens with one attached hydrogen (secondary N) is 1. The van der Waals surface area contributed by atoms with Crippen LogP contribution < -0.4 is 10.1 Å². The monoisotopic (exact) mass is 328 g/mol. The minimum Gasteiger partial charge on any atom is -0.480 e. The second-order valence-corrected chi connectivity index (χ2v) is 7.43. The molecule has 1 N–H and O–H groups in total. The molecule has 2 rings (SSSR count). The van der Waals surface area contributed by atoms with Crippen LogP contribution in [0.15, 0.2) is 12.3 Å². The van der Waals surface area contributed by atoms with E-state index in [0.717, 1.165) is 5.56 Å². The van der Waals surface area contributed by atoms with Crippen molar-refractivity contribution in [3.63, 3.8) is 0 Å². The number of hydrazine groups is 1. The summed E-state index contributed by atoms with van der Waals surface area (Å²) in [4.78, 5) is 16.4. The molecule has 1 fully saturated rings. The minimum atomic E-state index is -2.98. The Kier molecular flexibility index (Phi) is 4.87. The second-order valence-electron chi connectivity index (χ2n) is 5.13. The van der Waals surface area contributed by atoms with E-state index in [2.05, 4.69) is 10.3 Å². The zero-order valence-corrected chi connectivity index (χ0v) is 13.7. The van der Waals surface area contributed by atoms with E-state index in [1.165, 1.54) is 12.1 Å². The summed E-state index contributed by atoms with van der Waals surface area (Å²) < 4.78 is 28.0. The number of carbonyl (C=O) groups excluding carboxylic acids is 1. The molecule has 1 aliphatic rings. The molecular weight excluding hydrogens is 308 g/mol. The lowest BCUT2D eigenvalue weighted by atomic mass is 10.3. The molecular formula is C13H20N4O4S. The minimum absolute atomic E-state index is 0.0555. The van der Waals surface area contributed by atoms with Crippen LogP contribution in [0.2, 0.25) is 0 Å². The lowest BCUT2D eigenvalue weighted by Gasteiger charge is -2.34. The summed E-state index contributed by atoms with van der Waals surface area (Å²) in [5.74, 6) is 0.438. The number of aryl methyl sites for hydroxylation is 1. The van der Waals surface area contributed by atoms with Crippen LogP contribution in [-0.4, -0.2) is 68.2 Å². The van der Waals surface area contributed by atoms with E-state index in [1.54, 1.807) is 24.3 Å². The molecule has 2 amide bonds. The quantitative estimate of drug-likeness (QED) is 0.869. The molecule has 1 aliphatic heterocycles. The van der Waals surface area contributed by atoms with Gasteiger partial charge < -0.3 is 10.1 Å². The number of sulfone groups is 1. The molecule has 0 aliphatic carbocycles. The van der Waals surface area contributed by atoms with E-state index in [0.29, 0.717) is 24.7 Å². The molecule has 0 unspecified atom stereocenters. The summed E-state index contributed by atoms with van der Waals surface area (Å²) in [6, 6.07) is 1.39. The first-order valence-corrected chi connectivity index (χ1v) is 8.65. The van der Waals surface area contributed by atoms with Crippen LogP contribution in [0, 0.1) is 6.92 Å². The number of ether oxygens (including phenoxy) is 1. The van der Waals surface area contributed by atoms with Gasteiger partial charge in [-0.2, -0.15) is 0 Å². The molecule has 0 aromatic carbocycles. The maximum absolute atomic E-state index is 12.3. The van der Waals surface area contributed by atoms with Crippen molar-refractivity contribution in [2.45, 2.75) is 6.92 Å². The van der Waals surface area contributed by atoms with Gasteiger partial charge in [-0.3, -0.25) is 5.01 Å². The third-order valence-electron chi connectivity index (χ3n) is 3.46. The van der Waals surface area contributed by atoms with Crippen molar-refractivity contribution in [1.29, 1.82) is 0 Å². The highest BCUT2D eigenvalue weighted by atomic mass is 32.2. The predicted octanol–water partition coefficient (Wildman–Crippen LogP) is 0.508. The van der Waals surface area contributed by atoms with Gasteiger partial charge in [0.05, 0.1) is 18.6 Å². The fraction of sp³-hybridized carbons (Fsp3) is 0.538. The lowest BCUT2D eigenvalue weighted by molar-refractivity contribution is 0.0512. The third kappa shape index (κ3) is 3.86. The standard InChI is InChI=1S/C13H20N4O4S/c1-10-8-11(12(21-3)14-9-10)15-13(18)16(2)17-4-6-22(19,20)7-5-17/h8-9H,4-7H2,1-3H3,(H,15,18). The second kappa shape index (κ2) is 6.49. The summed E-state index contributed by atoms with van der Waals surface area (Å²) >= 11 is 0. The summed E-state index contributed by atoms with van der Waals surface area (Å²) in [5, 5.41) is 5.81. The fourth-order valence-electron chi connectivity index (χ4n) is 2.14. The summed E-state index contributed by atoms with van der Waals surface area (Å²) in [5.41, 5.74) is 1.37. The topological polar surface area (TPSA) is 91.8 Å². The van der Waals surface area contributed by atoms with Crippen molar-refractivity contribution < 1.29 is 17.9 Å². The molecule has 122 valence electrons. The molecule has 9 heteroatoms. The first kappa shape index (κ1) is 16.5. The summed E-state index contributed by atoms with van der Waals surface area (Å²) in [6.07, 6.45) is 1.65. The van der Waals surface area contributed by atoms with Crippen LogP contribution in [0.5, 0.6) is 5.88 Å². The van der Waals surface area contributed by atoms with Crippen LogP contribution in [-0.2, 0) is 9.84 Å². The number of aromatic nitrogens is 1. The average molecular weight is 328 g/mol. The van der Waals surface area contributed by atoms with Crippen molar-refractivity contribution in [2.75, 3.05) is 44.1 Å². The van der Waals surface area contributed by atoms with E-state index in [9.17, 15) is 13.2 Å². The highest BCUT2D eigenvalue weighted by Gasteiger charge is 2.26. The number of nitrogens with zero attached hydrogens (tertiary/aromatic N) is 3. The first-order chi connectivity index (χ1) is 10.3. The van der Waals surface area contributed by atoms with Gasteiger partial charge in [0, 0.05) is 26.3 Å². The third-order valence-corrected chi connectivity index (χ3v) is 5.07. The van der Waals surface area contributed by atoms with Gasteiger partial charge in [0.15, 0.2) is 9.84 Å². The molecule has 8 nitrogen and oxygen atoms in total. The van der Waals surface area contributed by atoms with Gasteiger partial charge in [0.2, 0.25) is 5.88 Å². The predicted molar refractivity (Wildman–Crippen MR) is 82.5 cm³/mol. The Hall–Kier alpha value is -1.87. The number of urea groups is 1. The average Bonchev–Trinajstić information content (AvgIpc) is 2.46. The fourth-order valence-corrected chi connectivity index (χ4v) is 3.32. The van der Waals surface area contributed by atoms with Gasteiger partial charge in [0.1, 0.15) is 5.69 Å². The molecule has 0 spiro atoms. The number of hydrogen-bond acceptors (Lipinski definition) is 6. The maximum atomic E-state index is 12.3.